The molecule has 0 saturated heterocycles. The molecule has 3 atom stereocenters. The third-order valence-electron chi connectivity index (χ3n) is 7.23. The van der Waals surface area contributed by atoms with Crippen LogP contribution in [0.25, 0.3) is 0 Å². The molecule has 0 heterocycles. The number of ether oxygens (including phenoxy) is 1. The third-order valence-corrected chi connectivity index (χ3v) is 7.23. The van der Waals surface area contributed by atoms with Crippen LogP contribution in [0.5, 0.6) is 11.5 Å². The summed E-state index contributed by atoms with van der Waals surface area (Å²) < 4.78 is 34.0. The van der Waals surface area contributed by atoms with Crippen LogP contribution >= 0.6 is 0 Å². The van der Waals surface area contributed by atoms with Crippen LogP contribution in [0.3, 0.4) is 0 Å². The first-order chi connectivity index (χ1) is 15.9. The Hall–Kier alpha value is -2.98. The number of Topliss-reactive ketones (excluding diaryl/α,β-unsaturated/α-hetero) is 1. The molecule has 9 nitrogen and oxygen atoms in total. The maximum Gasteiger partial charge on any atom is 0.381 e. The van der Waals surface area contributed by atoms with Crippen molar-refractivity contribution in [3.8, 4) is 11.5 Å². The van der Waals surface area contributed by atoms with E-state index in [0.29, 0.717) is 25.7 Å². The Labute approximate surface area is 195 Å². The predicted octanol–water partition coefficient (Wildman–Crippen LogP) is 4.22. The highest BCUT2D eigenvalue weighted by Gasteiger charge is 2.59. The lowest BCUT2D eigenvalue weighted by molar-refractivity contribution is -0.757. The molecule has 188 valence electrons. The Morgan fingerprint density at radius 2 is 1.76 bits per heavy atom. The number of fused-ring (bicyclic) bond motifs is 2. The summed E-state index contributed by atoms with van der Waals surface area (Å²) in [5.74, 6) is -7.59. The van der Waals surface area contributed by atoms with Crippen LogP contribution in [-0.2, 0) is 25.1 Å². The van der Waals surface area contributed by atoms with Crippen molar-refractivity contribution in [2.45, 2.75) is 64.2 Å². The van der Waals surface area contributed by atoms with Gasteiger partial charge in [0.2, 0.25) is 0 Å². The van der Waals surface area contributed by atoms with Crippen molar-refractivity contribution in [1.82, 2.24) is 0 Å². The van der Waals surface area contributed by atoms with Gasteiger partial charge in [-0.15, -0.1) is 10.1 Å². The van der Waals surface area contributed by atoms with Gasteiger partial charge in [-0.3, -0.25) is 4.79 Å². The van der Waals surface area contributed by atoms with E-state index in [1.54, 1.807) is 0 Å². The van der Waals surface area contributed by atoms with Crippen LogP contribution in [0.2, 0.25) is 0 Å². The topological polar surface area (TPSA) is 136 Å². The molecule has 2 bridgehead atoms. The Balaban J connectivity index is 1.60. The maximum absolute atomic E-state index is 14.7. The molecule has 1 aromatic carbocycles. The largest absolute Gasteiger partial charge is 0.508 e. The second kappa shape index (κ2) is 9.71. The van der Waals surface area contributed by atoms with Crippen molar-refractivity contribution in [3.63, 3.8) is 0 Å². The fraction of sp³-hybridized carbons (Fsp3) is 0.652. The number of nitrogens with zero attached hydrogens (tertiary/aromatic N) is 1. The van der Waals surface area contributed by atoms with Gasteiger partial charge < -0.3 is 19.8 Å². The van der Waals surface area contributed by atoms with E-state index >= 15 is 0 Å². The van der Waals surface area contributed by atoms with Gasteiger partial charge in [-0.1, -0.05) is 20.3 Å². The number of ketones is 1. The smallest absolute Gasteiger partial charge is 0.381 e. The number of aromatic hydroxyl groups is 2. The number of benzene rings is 1. The molecule has 0 spiro atoms. The second-order valence-electron chi connectivity index (χ2n) is 9.60. The van der Waals surface area contributed by atoms with Crippen molar-refractivity contribution >= 4 is 11.8 Å². The van der Waals surface area contributed by atoms with Crippen LogP contribution in [0.1, 0.15) is 69.4 Å². The molecule has 3 aliphatic rings. The highest BCUT2D eigenvalue weighted by Crippen LogP contribution is 2.64. The molecule has 0 aromatic heterocycles. The number of alkyl halides is 2. The minimum absolute atomic E-state index is 0.0226. The molecule has 3 saturated carbocycles. The lowest BCUT2D eigenvalue weighted by Gasteiger charge is -2.59. The highest BCUT2D eigenvalue weighted by molar-refractivity contribution is 5.86. The van der Waals surface area contributed by atoms with Gasteiger partial charge in [-0.05, 0) is 49.1 Å². The number of hydrogen-bond acceptors (Lipinski definition) is 8. The summed E-state index contributed by atoms with van der Waals surface area (Å²) >= 11 is 0. The molecule has 0 radical (unpaired) electrons. The van der Waals surface area contributed by atoms with E-state index in [1.807, 2.05) is 13.8 Å². The van der Waals surface area contributed by atoms with Crippen molar-refractivity contribution in [1.29, 1.82) is 0 Å². The number of halogens is 2. The zero-order chi connectivity index (χ0) is 25.3. The van der Waals surface area contributed by atoms with Gasteiger partial charge in [-0.2, -0.15) is 8.78 Å². The summed E-state index contributed by atoms with van der Waals surface area (Å²) in [6.07, 6.45) is 2.46. The van der Waals surface area contributed by atoms with E-state index in [2.05, 4.69) is 9.57 Å². The van der Waals surface area contributed by atoms with Gasteiger partial charge in [0.1, 0.15) is 17.3 Å². The standard InChI is InChI=1S/C23H29F2NO8/c1-22(2)15-12-16(22)17(27)11-14(15)20-18(28)9-13(10-19(20)29)23(24,25)21(30)33-7-5-3-4-6-8-34-26(31)32/h9-10,14-16,28-29H,3-8,11-12H2,1-2H3/t14-,15+,16-/m0/s1. The Morgan fingerprint density at radius 3 is 2.29 bits per heavy atom. The van der Waals surface area contributed by atoms with Crippen molar-refractivity contribution < 1.29 is 43.2 Å². The van der Waals surface area contributed by atoms with E-state index < -0.39 is 40.0 Å². The van der Waals surface area contributed by atoms with Gasteiger partial charge in [0.05, 0.1) is 13.2 Å². The summed E-state index contributed by atoms with van der Waals surface area (Å²) in [7, 11) is 0. The zero-order valence-corrected chi connectivity index (χ0v) is 19.1. The Bertz CT molecular complexity index is 941. The summed E-state index contributed by atoms with van der Waals surface area (Å²) in [4.78, 5) is 38.6. The lowest BCUT2D eigenvalue weighted by Crippen LogP contribution is -2.56. The zero-order valence-electron chi connectivity index (χ0n) is 19.1. The Kier molecular flexibility index (Phi) is 7.32. The third kappa shape index (κ3) is 4.92. The van der Waals surface area contributed by atoms with Crippen LogP contribution in [-0.4, -0.2) is 40.3 Å². The number of esters is 1. The van der Waals surface area contributed by atoms with E-state index in [4.69, 9.17) is 0 Å². The molecular weight excluding hydrogens is 456 g/mol. The number of rotatable bonds is 11. The number of hydrogen-bond donors (Lipinski definition) is 2. The van der Waals surface area contributed by atoms with Gasteiger partial charge in [0, 0.05) is 29.4 Å². The molecule has 1 aromatic rings. The van der Waals surface area contributed by atoms with Crippen molar-refractivity contribution in [2.24, 2.45) is 17.3 Å². The summed E-state index contributed by atoms with van der Waals surface area (Å²) in [6.45, 7) is 3.55. The number of phenolic OH excluding ortho intramolecular Hbond substituents is 2. The molecule has 2 N–H and O–H groups in total. The van der Waals surface area contributed by atoms with E-state index in [0.717, 1.165) is 12.1 Å². The normalized spacial score (nSPS) is 23.2. The van der Waals surface area contributed by atoms with E-state index in [9.17, 15) is 38.7 Å². The number of unbranched alkanes of at least 4 members (excludes halogenated alkanes) is 3. The van der Waals surface area contributed by atoms with Gasteiger partial charge in [0.15, 0.2) is 0 Å². The van der Waals surface area contributed by atoms with Crippen molar-refractivity contribution in [3.05, 3.63) is 33.4 Å². The molecule has 0 aliphatic heterocycles. The minimum atomic E-state index is -4.10. The summed E-state index contributed by atoms with van der Waals surface area (Å²) in [5, 5.41) is 30.1. The minimum Gasteiger partial charge on any atom is -0.508 e. The fourth-order valence-electron chi connectivity index (χ4n) is 5.25. The van der Waals surface area contributed by atoms with Crippen LogP contribution in [0, 0.1) is 27.4 Å². The van der Waals surface area contributed by atoms with Crippen LogP contribution in [0.4, 0.5) is 8.78 Å². The highest BCUT2D eigenvalue weighted by atomic mass is 19.3. The molecule has 0 amide bonds. The number of carbonyl (C=O) groups is 2. The average molecular weight is 485 g/mol. The monoisotopic (exact) mass is 485 g/mol. The Morgan fingerprint density at radius 1 is 1.18 bits per heavy atom. The first-order valence-electron chi connectivity index (χ1n) is 11.3. The predicted molar refractivity (Wildman–Crippen MR) is 114 cm³/mol. The van der Waals surface area contributed by atoms with E-state index in [1.165, 1.54) is 0 Å². The molecule has 11 heteroatoms. The number of carbonyl (C=O) groups excluding carboxylic acids is 2. The fourth-order valence-corrected chi connectivity index (χ4v) is 5.25. The molecular formula is C23H29F2NO8. The molecule has 34 heavy (non-hydrogen) atoms. The maximum atomic E-state index is 14.7. The summed E-state index contributed by atoms with van der Waals surface area (Å²) in [5.41, 5.74) is -1.15. The van der Waals surface area contributed by atoms with Gasteiger partial charge >= 0.3 is 11.9 Å². The molecule has 4 rings (SSSR count). The van der Waals surface area contributed by atoms with Gasteiger partial charge in [0.25, 0.3) is 5.09 Å². The van der Waals surface area contributed by atoms with Crippen molar-refractivity contribution in [2.75, 3.05) is 13.2 Å². The quantitative estimate of drug-likeness (QED) is 0.206. The first kappa shape index (κ1) is 25.6. The van der Waals surface area contributed by atoms with Crippen LogP contribution < -0.4 is 0 Å². The first-order valence-corrected chi connectivity index (χ1v) is 11.3. The van der Waals surface area contributed by atoms with Gasteiger partial charge in [-0.25, -0.2) is 4.79 Å². The van der Waals surface area contributed by atoms with Crippen LogP contribution in [0.15, 0.2) is 12.1 Å². The molecule has 3 aliphatic carbocycles. The average Bonchev–Trinajstić information content (AvgIpc) is 2.73. The number of phenols is 2. The summed E-state index contributed by atoms with van der Waals surface area (Å²) in [6, 6.07) is 1.49. The second-order valence-corrected chi connectivity index (χ2v) is 9.60. The lowest BCUT2D eigenvalue weighted by atomic mass is 9.44. The SMILES string of the molecule is CC1(C)[C@@H]2C[C@H]1C(=O)C[C@@H]2c1c(O)cc(C(F)(F)C(=O)OCCCCCCO[N+](=O)[O-])cc1O. The molecule has 3 fully saturated rings. The van der Waals surface area contributed by atoms with E-state index in [-0.39, 0.29) is 54.7 Å². The molecule has 0 unspecified atom stereocenters.